The number of aliphatic hydroxyl groups is 1. The smallest absolute Gasteiger partial charge is 0.326 e. The van der Waals surface area contributed by atoms with E-state index in [-0.39, 0.29) is 63.2 Å². The summed E-state index contributed by atoms with van der Waals surface area (Å²) in [5.74, 6) is -6.84. The number of hydrogen-bond acceptors (Lipinski definition) is 12. The largest absolute Gasteiger partial charge is 0.480 e. The van der Waals surface area contributed by atoms with Crippen LogP contribution in [0.2, 0.25) is 0 Å². The number of hydrogen-bond donors (Lipinski definition) is 9. The van der Waals surface area contributed by atoms with Crippen LogP contribution in [-0.4, -0.2) is 172 Å². The molecule has 9 amide bonds. The summed E-state index contributed by atoms with van der Waals surface area (Å²) in [5.41, 5.74) is 5.36. The third kappa shape index (κ3) is 15.9. The first-order valence-corrected chi connectivity index (χ1v) is 22.8. The average molecular weight is 921 g/mol. The number of nitrogens with one attached hydrogen (secondary N) is 6. The van der Waals surface area contributed by atoms with Crippen molar-refractivity contribution in [1.82, 2.24) is 46.6 Å². The maximum atomic E-state index is 14.2. The number of rotatable bonds is 23. The van der Waals surface area contributed by atoms with E-state index in [1.165, 1.54) is 21.6 Å². The molecule has 0 radical (unpaired) electrons. The van der Waals surface area contributed by atoms with Gasteiger partial charge in [0.15, 0.2) is 0 Å². The van der Waals surface area contributed by atoms with Crippen molar-refractivity contribution in [3.05, 3.63) is 0 Å². The fourth-order valence-corrected chi connectivity index (χ4v) is 8.47. The van der Waals surface area contributed by atoms with Gasteiger partial charge in [0.25, 0.3) is 0 Å². The van der Waals surface area contributed by atoms with Gasteiger partial charge in [-0.3, -0.25) is 43.2 Å². The third-order valence-corrected chi connectivity index (χ3v) is 11.6. The minimum atomic E-state index is -1.51. The molecule has 0 bridgehead atoms. The zero-order valence-electron chi connectivity index (χ0n) is 38.9. The summed E-state index contributed by atoms with van der Waals surface area (Å²) >= 11 is 0. The van der Waals surface area contributed by atoms with Gasteiger partial charge >= 0.3 is 5.97 Å². The molecule has 65 heavy (non-hydrogen) atoms. The third-order valence-electron chi connectivity index (χ3n) is 11.6. The summed E-state index contributed by atoms with van der Waals surface area (Å²) in [7, 11) is 0. The van der Waals surface area contributed by atoms with Crippen LogP contribution in [0.4, 0.5) is 0 Å². The fraction of sp³-hybridized carbons (Fsp3) is 0.767. The molecular formula is C43H72N10O12. The molecular weight excluding hydrogens is 849 g/mol. The van der Waals surface area contributed by atoms with Gasteiger partial charge in [0.1, 0.15) is 42.3 Å². The molecule has 3 rings (SSSR count). The van der Waals surface area contributed by atoms with Gasteiger partial charge in [-0.1, -0.05) is 41.5 Å². The van der Waals surface area contributed by atoms with Crippen molar-refractivity contribution in [3.63, 3.8) is 0 Å². The number of carboxylic acid groups (broad SMARTS) is 1. The van der Waals surface area contributed by atoms with Crippen molar-refractivity contribution >= 4 is 59.1 Å². The number of amides is 9. The lowest BCUT2D eigenvalue weighted by molar-refractivity contribution is -0.147. The summed E-state index contributed by atoms with van der Waals surface area (Å²) < 4.78 is 0. The molecule has 3 heterocycles. The summed E-state index contributed by atoms with van der Waals surface area (Å²) in [4.78, 5) is 135. The summed E-state index contributed by atoms with van der Waals surface area (Å²) in [6.07, 6.45) is 1.51. The molecule has 8 atom stereocenters. The lowest BCUT2D eigenvalue weighted by Crippen LogP contribution is -2.60. The van der Waals surface area contributed by atoms with E-state index in [9.17, 15) is 58.2 Å². The summed E-state index contributed by atoms with van der Waals surface area (Å²) in [6, 6.07) is -7.65. The fourth-order valence-electron chi connectivity index (χ4n) is 8.47. The topological polar surface area (TPSA) is 319 Å². The van der Waals surface area contributed by atoms with Gasteiger partial charge < -0.3 is 62.5 Å². The number of nitrogens with zero attached hydrogens (tertiary/aromatic N) is 3. The highest BCUT2D eigenvalue weighted by Gasteiger charge is 2.44. The molecule has 0 aromatic carbocycles. The van der Waals surface area contributed by atoms with Crippen molar-refractivity contribution < 1.29 is 58.2 Å². The highest BCUT2D eigenvalue weighted by molar-refractivity contribution is 5.98. The maximum Gasteiger partial charge on any atom is 0.326 e. The molecule has 3 saturated heterocycles. The van der Waals surface area contributed by atoms with E-state index in [1.54, 1.807) is 13.8 Å². The second kappa shape index (κ2) is 25.4. The van der Waals surface area contributed by atoms with E-state index in [1.807, 2.05) is 27.7 Å². The Kier molecular flexibility index (Phi) is 21.0. The summed E-state index contributed by atoms with van der Waals surface area (Å²) in [5, 5.41) is 35.2. The lowest BCUT2D eigenvalue weighted by Gasteiger charge is -2.33. The Balaban J connectivity index is 1.64. The standard InChI is InChI=1S/C43H72N10O12/c1-23(2)17-27(47-33(55)20-44)37(58)46-21-34(56)45-22-35(57)51-14-10-13-32(51)42(63)53-16-9-11-30(53)38(59)48-28(18-24(3)4)41(62)52-15-8-12-31(52)39(60)50-36(26(7)54)40(61)49-29(43(64)65)19-25(5)6/h23-32,36,54H,8-22,44H2,1-7H3,(H,45,56)(H,46,58)(H,47,55)(H,48,59)(H,49,61)(H,50,60)(H,64,65)/t26-,27+,28+,29+,30+,31+,32+,36+/m1/s1. The van der Waals surface area contributed by atoms with Crippen molar-refractivity contribution in [2.24, 2.45) is 23.5 Å². The molecule has 0 saturated carbocycles. The predicted octanol–water partition coefficient (Wildman–Crippen LogP) is -2.31. The molecule has 3 aliphatic rings. The Labute approximate surface area is 380 Å². The van der Waals surface area contributed by atoms with Crippen molar-refractivity contribution in [2.75, 3.05) is 39.3 Å². The molecule has 0 aromatic rings. The number of carboxylic acids is 1. The Hall–Kier alpha value is -5.38. The Bertz CT molecular complexity index is 1740. The number of carbonyl (C=O) groups excluding carboxylic acids is 9. The molecule has 0 spiro atoms. The minimum absolute atomic E-state index is 0.0533. The normalized spacial score (nSPS) is 20.7. The Morgan fingerprint density at radius 3 is 1.63 bits per heavy atom. The first-order chi connectivity index (χ1) is 30.5. The van der Waals surface area contributed by atoms with Crippen LogP contribution in [0.15, 0.2) is 0 Å². The average Bonchev–Trinajstić information content (AvgIpc) is 4.04. The minimum Gasteiger partial charge on any atom is -0.480 e. The molecule has 0 aliphatic carbocycles. The van der Waals surface area contributed by atoms with Crippen molar-refractivity contribution in [1.29, 1.82) is 0 Å². The molecule has 22 nitrogen and oxygen atoms in total. The number of aliphatic carboxylic acids is 1. The van der Waals surface area contributed by atoms with Gasteiger partial charge in [0.2, 0.25) is 53.2 Å². The van der Waals surface area contributed by atoms with Crippen LogP contribution < -0.4 is 37.6 Å². The zero-order chi connectivity index (χ0) is 48.7. The first kappa shape index (κ1) is 54.0. The van der Waals surface area contributed by atoms with E-state index in [0.717, 1.165) is 0 Å². The van der Waals surface area contributed by atoms with E-state index in [2.05, 4.69) is 31.9 Å². The van der Waals surface area contributed by atoms with Crippen molar-refractivity contribution in [2.45, 2.75) is 155 Å². The maximum absolute atomic E-state index is 14.2. The van der Waals surface area contributed by atoms with Gasteiger partial charge in [0, 0.05) is 19.6 Å². The second-order valence-electron chi connectivity index (χ2n) is 18.5. The number of aliphatic hydroxyl groups excluding tert-OH is 1. The van der Waals surface area contributed by atoms with Crippen LogP contribution in [0.3, 0.4) is 0 Å². The van der Waals surface area contributed by atoms with E-state index < -0.39 is 121 Å². The van der Waals surface area contributed by atoms with Gasteiger partial charge in [-0.2, -0.15) is 0 Å². The van der Waals surface area contributed by atoms with Crippen LogP contribution in [0.1, 0.15) is 106 Å². The Morgan fingerprint density at radius 1 is 0.569 bits per heavy atom. The summed E-state index contributed by atoms with van der Waals surface area (Å²) in [6.45, 7) is 11.7. The van der Waals surface area contributed by atoms with E-state index >= 15 is 0 Å². The van der Waals surface area contributed by atoms with Gasteiger partial charge in [-0.25, -0.2) is 4.79 Å². The Morgan fingerprint density at radius 2 is 1.08 bits per heavy atom. The van der Waals surface area contributed by atoms with Crippen molar-refractivity contribution in [3.8, 4) is 0 Å². The lowest BCUT2D eigenvalue weighted by atomic mass is 10.0. The van der Waals surface area contributed by atoms with Crippen LogP contribution in [0.5, 0.6) is 0 Å². The molecule has 10 N–H and O–H groups in total. The molecule has 0 unspecified atom stereocenters. The highest BCUT2D eigenvalue weighted by Crippen LogP contribution is 2.26. The number of carbonyl (C=O) groups is 10. The quantitative estimate of drug-likeness (QED) is 0.0522. The van der Waals surface area contributed by atoms with Gasteiger partial charge in [0.05, 0.1) is 25.7 Å². The number of nitrogens with two attached hydrogens (primary N) is 1. The van der Waals surface area contributed by atoms with Crippen LogP contribution in [0, 0.1) is 17.8 Å². The predicted molar refractivity (Wildman–Crippen MR) is 235 cm³/mol. The van der Waals surface area contributed by atoms with Crippen LogP contribution in [-0.2, 0) is 47.9 Å². The van der Waals surface area contributed by atoms with Crippen LogP contribution in [0.25, 0.3) is 0 Å². The molecule has 0 aromatic heterocycles. The van der Waals surface area contributed by atoms with Crippen LogP contribution >= 0.6 is 0 Å². The highest BCUT2D eigenvalue weighted by atomic mass is 16.4. The van der Waals surface area contributed by atoms with Gasteiger partial charge in [-0.15, -0.1) is 0 Å². The van der Waals surface area contributed by atoms with E-state index in [0.29, 0.717) is 38.5 Å². The SMILES string of the molecule is CC(C)C[C@H](NC(=O)[C@@H](NC(=O)[C@@H]1CCCN1C(=O)[C@H](CC(C)C)NC(=O)[C@@H]1CCCN1C(=O)[C@@H]1CCCN1C(=O)CNC(=O)CNC(=O)[C@H](CC(C)C)NC(=O)CN)[C@@H](C)O)C(=O)O. The number of likely N-dealkylation sites (tertiary alicyclic amines) is 3. The molecule has 22 heteroatoms. The monoisotopic (exact) mass is 921 g/mol. The first-order valence-electron chi connectivity index (χ1n) is 22.8. The molecule has 366 valence electrons. The molecule has 3 fully saturated rings. The van der Waals surface area contributed by atoms with E-state index in [4.69, 9.17) is 5.73 Å². The zero-order valence-corrected chi connectivity index (χ0v) is 38.9. The molecule has 3 aliphatic heterocycles. The van der Waals surface area contributed by atoms with Gasteiger partial charge in [-0.05, 0) is 82.5 Å². The second-order valence-corrected chi connectivity index (χ2v) is 18.5.